The third-order valence-corrected chi connectivity index (χ3v) is 3.36. The quantitative estimate of drug-likeness (QED) is 0.828. The largest absolute Gasteiger partial charge is 0.423 e. The molecule has 0 aliphatic carbocycles. The second kappa shape index (κ2) is 5.46. The fraction of sp³-hybridized carbons (Fsp3) is 0.333. The number of anilines is 1. The van der Waals surface area contributed by atoms with E-state index in [1.165, 1.54) is 6.07 Å². The van der Waals surface area contributed by atoms with Crippen molar-refractivity contribution in [1.29, 1.82) is 0 Å². The lowest BCUT2D eigenvalue weighted by molar-refractivity contribution is -0.412. The van der Waals surface area contributed by atoms with Crippen LogP contribution in [0.1, 0.15) is 19.4 Å². The minimum Gasteiger partial charge on any atom is -0.423 e. The van der Waals surface area contributed by atoms with Gasteiger partial charge < -0.3 is 15.5 Å². The van der Waals surface area contributed by atoms with E-state index in [4.69, 9.17) is 4.42 Å². The number of fused-ring (bicyclic) bond motifs is 1. The molecule has 0 unspecified atom stereocenters. The van der Waals surface area contributed by atoms with Crippen LogP contribution in [0.15, 0.2) is 33.5 Å². The molecule has 106 valence electrons. The third-order valence-electron chi connectivity index (χ3n) is 3.36. The van der Waals surface area contributed by atoms with Crippen LogP contribution in [0.2, 0.25) is 0 Å². The predicted octanol–water partition coefficient (Wildman–Crippen LogP) is 1.31. The second-order valence-corrected chi connectivity index (χ2v) is 5.30. The highest BCUT2D eigenvalue weighted by Gasteiger charge is 2.21. The first-order valence-corrected chi connectivity index (χ1v) is 6.57. The smallest absolute Gasteiger partial charge is 0.336 e. The van der Waals surface area contributed by atoms with Gasteiger partial charge in [-0.2, -0.15) is 0 Å². The predicted molar refractivity (Wildman–Crippen MR) is 77.4 cm³/mol. The minimum atomic E-state index is -0.371. The van der Waals surface area contributed by atoms with Crippen molar-refractivity contribution in [2.75, 3.05) is 5.32 Å². The Morgan fingerprint density at radius 1 is 1.30 bits per heavy atom. The Bertz CT molecular complexity index is 704. The van der Waals surface area contributed by atoms with Gasteiger partial charge in [-0.3, -0.25) is 4.79 Å². The number of carbonyl (C=O) groups excluding carboxylic acids is 1. The molecule has 1 heterocycles. The summed E-state index contributed by atoms with van der Waals surface area (Å²) in [6.07, 6.45) is 0. The van der Waals surface area contributed by atoms with Gasteiger partial charge in [-0.15, -0.1) is 0 Å². The van der Waals surface area contributed by atoms with Crippen LogP contribution < -0.4 is 16.7 Å². The lowest BCUT2D eigenvalue weighted by atomic mass is 10.0. The van der Waals surface area contributed by atoms with E-state index in [1.54, 1.807) is 18.2 Å². The van der Waals surface area contributed by atoms with Crippen molar-refractivity contribution in [1.82, 2.24) is 0 Å². The van der Waals surface area contributed by atoms with E-state index in [2.05, 4.69) is 11.1 Å². The molecule has 0 saturated heterocycles. The highest BCUT2D eigenvalue weighted by atomic mass is 16.4. The molecular weight excluding hydrogens is 256 g/mol. The molecule has 5 heteroatoms. The van der Waals surface area contributed by atoms with Gasteiger partial charge in [0.25, 0.3) is 5.91 Å². The number of carbonyl (C=O) groups is 1. The molecule has 1 atom stereocenters. The van der Waals surface area contributed by atoms with Crippen LogP contribution in [-0.2, 0) is 4.79 Å². The number of benzene rings is 1. The summed E-state index contributed by atoms with van der Waals surface area (Å²) in [7, 11) is 0. The molecule has 1 aromatic heterocycles. The molecule has 1 amide bonds. The monoisotopic (exact) mass is 275 g/mol. The number of hydrogen-bond acceptors (Lipinski definition) is 3. The Hall–Kier alpha value is -2.14. The maximum Gasteiger partial charge on any atom is 0.336 e. The average Bonchev–Trinajstić information content (AvgIpc) is 2.38. The van der Waals surface area contributed by atoms with Gasteiger partial charge in [0.15, 0.2) is 6.04 Å². The zero-order chi connectivity index (χ0) is 14.9. The lowest BCUT2D eigenvalue weighted by Crippen LogP contribution is -2.68. The number of nitrogens with one attached hydrogen (secondary N) is 1. The van der Waals surface area contributed by atoms with Crippen molar-refractivity contribution >= 4 is 22.6 Å². The van der Waals surface area contributed by atoms with Gasteiger partial charge in [0.1, 0.15) is 5.58 Å². The molecule has 0 radical (unpaired) electrons. The molecule has 5 nitrogen and oxygen atoms in total. The van der Waals surface area contributed by atoms with Gasteiger partial charge in [-0.05, 0) is 30.7 Å². The normalized spacial score (nSPS) is 12.7. The molecular formula is C15H19N2O3+. The van der Waals surface area contributed by atoms with Gasteiger partial charge in [-0.1, -0.05) is 13.8 Å². The van der Waals surface area contributed by atoms with E-state index in [1.807, 2.05) is 20.8 Å². The minimum absolute atomic E-state index is 0.116. The molecule has 0 fully saturated rings. The number of hydrogen-bond donors (Lipinski definition) is 2. The molecule has 4 N–H and O–H groups in total. The van der Waals surface area contributed by atoms with Gasteiger partial charge in [0, 0.05) is 23.1 Å². The molecule has 0 bridgehead atoms. The van der Waals surface area contributed by atoms with Crippen LogP contribution in [0.25, 0.3) is 11.0 Å². The van der Waals surface area contributed by atoms with E-state index in [0.717, 1.165) is 10.9 Å². The average molecular weight is 275 g/mol. The highest BCUT2D eigenvalue weighted by Crippen LogP contribution is 2.21. The summed E-state index contributed by atoms with van der Waals surface area (Å²) >= 11 is 0. The zero-order valence-electron chi connectivity index (χ0n) is 11.9. The number of quaternary nitrogens is 1. The molecule has 0 saturated carbocycles. The summed E-state index contributed by atoms with van der Waals surface area (Å²) in [6, 6.07) is 6.34. The van der Waals surface area contributed by atoms with Crippen molar-refractivity contribution in [3.63, 3.8) is 0 Å². The SMILES string of the molecule is Cc1cc(=O)oc2ccc(NC(=O)[C@@H]([NH3+])C(C)C)cc12. The van der Waals surface area contributed by atoms with E-state index in [9.17, 15) is 9.59 Å². The first-order valence-electron chi connectivity index (χ1n) is 6.57. The van der Waals surface area contributed by atoms with E-state index >= 15 is 0 Å². The van der Waals surface area contributed by atoms with Crippen molar-refractivity contribution < 1.29 is 14.9 Å². The van der Waals surface area contributed by atoms with Crippen LogP contribution >= 0.6 is 0 Å². The van der Waals surface area contributed by atoms with Crippen LogP contribution in [-0.4, -0.2) is 11.9 Å². The fourth-order valence-electron chi connectivity index (χ4n) is 1.93. The molecule has 0 spiro atoms. The Kier molecular flexibility index (Phi) is 3.90. The van der Waals surface area contributed by atoms with Gasteiger partial charge in [0.05, 0.1) is 0 Å². The van der Waals surface area contributed by atoms with Crippen molar-refractivity contribution in [3.05, 3.63) is 40.2 Å². The summed E-state index contributed by atoms with van der Waals surface area (Å²) in [5.41, 5.74) is 5.50. The highest BCUT2D eigenvalue weighted by molar-refractivity contribution is 5.96. The molecule has 2 rings (SSSR count). The molecule has 0 aliphatic heterocycles. The summed E-state index contributed by atoms with van der Waals surface area (Å²) in [6.45, 7) is 5.75. The summed E-state index contributed by atoms with van der Waals surface area (Å²) in [5, 5.41) is 3.65. The molecule has 20 heavy (non-hydrogen) atoms. The summed E-state index contributed by atoms with van der Waals surface area (Å²) in [5.74, 6) is 0.0598. The number of aryl methyl sites for hydroxylation is 1. The first-order chi connectivity index (χ1) is 9.38. The maximum absolute atomic E-state index is 12.0. The van der Waals surface area contributed by atoms with Gasteiger partial charge in [-0.25, -0.2) is 4.79 Å². The maximum atomic E-state index is 12.0. The van der Waals surface area contributed by atoms with Crippen molar-refractivity contribution in [2.45, 2.75) is 26.8 Å². The topological polar surface area (TPSA) is 87.0 Å². The number of rotatable bonds is 3. The van der Waals surface area contributed by atoms with Crippen LogP contribution in [0, 0.1) is 12.8 Å². The Morgan fingerprint density at radius 3 is 2.65 bits per heavy atom. The van der Waals surface area contributed by atoms with Gasteiger partial charge >= 0.3 is 5.63 Å². The van der Waals surface area contributed by atoms with Gasteiger partial charge in [0.2, 0.25) is 0 Å². The second-order valence-electron chi connectivity index (χ2n) is 5.30. The Morgan fingerprint density at radius 2 is 2.00 bits per heavy atom. The van der Waals surface area contributed by atoms with E-state index in [0.29, 0.717) is 11.3 Å². The zero-order valence-corrected chi connectivity index (χ0v) is 11.9. The molecule has 2 aromatic rings. The van der Waals surface area contributed by atoms with E-state index < -0.39 is 0 Å². The fourth-order valence-corrected chi connectivity index (χ4v) is 1.93. The number of amides is 1. The third kappa shape index (κ3) is 2.88. The standard InChI is InChI=1S/C15H18N2O3/c1-8(2)14(16)15(19)17-10-4-5-12-11(7-10)9(3)6-13(18)20-12/h4-8,14H,16H2,1-3H3,(H,17,19)/p+1/t14-/m0/s1. The van der Waals surface area contributed by atoms with Crippen LogP contribution in [0.5, 0.6) is 0 Å². The lowest BCUT2D eigenvalue weighted by Gasteiger charge is -2.13. The summed E-state index contributed by atoms with van der Waals surface area (Å²) in [4.78, 5) is 23.3. The molecule has 0 aliphatic rings. The molecule has 1 aromatic carbocycles. The Labute approximate surface area is 116 Å². The van der Waals surface area contributed by atoms with Crippen LogP contribution in [0.3, 0.4) is 0 Å². The van der Waals surface area contributed by atoms with E-state index in [-0.39, 0.29) is 23.5 Å². The first kappa shape index (κ1) is 14.3. The van der Waals surface area contributed by atoms with Crippen molar-refractivity contribution in [2.24, 2.45) is 5.92 Å². The Balaban J connectivity index is 2.33. The van der Waals surface area contributed by atoms with Crippen molar-refractivity contribution in [3.8, 4) is 0 Å². The summed E-state index contributed by atoms with van der Waals surface area (Å²) < 4.78 is 5.11. The van der Waals surface area contributed by atoms with Crippen LogP contribution in [0.4, 0.5) is 5.69 Å².